The van der Waals surface area contributed by atoms with Crippen molar-refractivity contribution in [2.45, 2.75) is 32.7 Å². The van der Waals surface area contributed by atoms with Crippen molar-refractivity contribution in [1.82, 2.24) is 4.90 Å². The molecule has 1 rings (SSSR count). The highest BCUT2D eigenvalue weighted by Crippen LogP contribution is 2.22. The summed E-state index contributed by atoms with van der Waals surface area (Å²) in [6.45, 7) is 7.01. The zero-order valence-electron chi connectivity index (χ0n) is 10.7. The highest BCUT2D eigenvalue weighted by atomic mass is 32.2. The summed E-state index contributed by atoms with van der Waals surface area (Å²) in [6.07, 6.45) is 0.317. The fourth-order valence-electron chi connectivity index (χ4n) is 2.13. The molecule has 0 spiro atoms. The number of sulfone groups is 1. The fourth-order valence-corrected chi connectivity index (χ4v) is 4.03. The molecule has 0 radical (unpaired) electrons. The molecule has 6 heteroatoms. The van der Waals surface area contributed by atoms with E-state index < -0.39 is 15.4 Å². The fraction of sp³-hybridized carbons (Fsp3) is 0.909. The number of hydrogen-bond donors (Lipinski definition) is 0. The number of rotatable bonds is 4. The van der Waals surface area contributed by atoms with E-state index in [0.717, 1.165) is 0 Å². The third kappa shape index (κ3) is 4.27. The molecule has 1 saturated heterocycles. The molecule has 0 bridgehead atoms. The van der Waals surface area contributed by atoms with Gasteiger partial charge in [-0.05, 0) is 20.8 Å². The third-order valence-electron chi connectivity index (χ3n) is 2.99. The van der Waals surface area contributed by atoms with Gasteiger partial charge in [-0.3, -0.25) is 9.69 Å². The molecule has 0 aliphatic carbocycles. The Morgan fingerprint density at radius 3 is 2.59 bits per heavy atom. The lowest BCUT2D eigenvalue weighted by Crippen LogP contribution is -2.55. The molecule has 0 N–H and O–H groups in total. The summed E-state index contributed by atoms with van der Waals surface area (Å²) in [5, 5.41) is 0. The highest BCUT2D eigenvalue weighted by molar-refractivity contribution is 7.91. The summed E-state index contributed by atoms with van der Waals surface area (Å²) in [7, 11) is -2.93. The van der Waals surface area contributed by atoms with Gasteiger partial charge in [-0.15, -0.1) is 0 Å². The lowest BCUT2D eigenvalue weighted by Gasteiger charge is -2.41. The van der Waals surface area contributed by atoms with Crippen molar-refractivity contribution in [3.63, 3.8) is 0 Å². The average molecular weight is 263 g/mol. The molecule has 0 aromatic carbocycles. The van der Waals surface area contributed by atoms with Gasteiger partial charge in [0.25, 0.3) is 0 Å². The molecule has 0 unspecified atom stereocenters. The van der Waals surface area contributed by atoms with Gasteiger partial charge in [0.05, 0.1) is 24.5 Å². The summed E-state index contributed by atoms with van der Waals surface area (Å²) >= 11 is 0. The van der Waals surface area contributed by atoms with Gasteiger partial charge in [0, 0.05) is 18.6 Å². The van der Waals surface area contributed by atoms with Crippen LogP contribution in [0.25, 0.3) is 0 Å². The minimum Gasteiger partial charge on any atom is -0.466 e. The van der Waals surface area contributed by atoms with Gasteiger partial charge in [0.1, 0.15) is 0 Å². The number of nitrogens with zero attached hydrogens (tertiary/aromatic N) is 1. The zero-order valence-corrected chi connectivity index (χ0v) is 11.5. The van der Waals surface area contributed by atoms with E-state index in [1.807, 2.05) is 18.7 Å². The van der Waals surface area contributed by atoms with E-state index in [0.29, 0.717) is 26.1 Å². The van der Waals surface area contributed by atoms with Crippen LogP contribution in [0.4, 0.5) is 0 Å². The Morgan fingerprint density at radius 1 is 1.41 bits per heavy atom. The Kier molecular flexibility index (Phi) is 4.55. The minimum absolute atomic E-state index is 0.156. The Balaban J connectivity index is 2.52. The lowest BCUT2D eigenvalue weighted by atomic mass is 10.1. The van der Waals surface area contributed by atoms with Crippen LogP contribution in [0.3, 0.4) is 0 Å². The van der Waals surface area contributed by atoms with Crippen molar-refractivity contribution in [3.05, 3.63) is 0 Å². The molecule has 1 aliphatic heterocycles. The molecule has 0 aromatic heterocycles. The summed E-state index contributed by atoms with van der Waals surface area (Å²) in [4.78, 5) is 13.3. The molecular formula is C11H21NO4S. The van der Waals surface area contributed by atoms with Crippen LogP contribution in [0.5, 0.6) is 0 Å². The maximum absolute atomic E-state index is 11.5. The van der Waals surface area contributed by atoms with E-state index in [1.165, 1.54) is 0 Å². The molecular weight excluding hydrogens is 242 g/mol. The topological polar surface area (TPSA) is 63.7 Å². The van der Waals surface area contributed by atoms with Gasteiger partial charge >= 0.3 is 5.97 Å². The molecule has 1 aliphatic rings. The average Bonchev–Trinajstić information content (AvgIpc) is 2.14. The second kappa shape index (κ2) is 5.35. The normalized spacial score (nSPS) is 23.2. The molecule has 0 saturated carbocycles. The Hall–Kier alpha value is -0.620. The van der Waals surface area contributed by atoms with Crippen LogP contribution in [-0.2, 0) is 19.4 Å². The van der Waals surface area contributed by atoms with Crippen LogP contribution < -0.4 is 0 Å². The number of esters is 1. The molecule has 0 aromatic rings. The first-order valence-corrected chi connectivity index (χ1v) is 7.70. The van der Waals surface area contributed by atoms with Gasteiger partial charge in [-0.25, -0.2) is 8.42 Å². The first-order chi connectivity index (χ1) is 7.77. The second-order valence-electron chi connectivity index (χ2n) is 4.95. The summed E-state index contributed by atoms with van der Waals surface area (Å²) in [6, 6.07) is 0. The zero-order chi connectivity index (χ0) is 13.1. The summed E-state index contributed by atoms with van der Waals surface area (Å²) < 4.78 is 27.9. The molecule has 17 heavy (non-hydrogen) atoms. The maximum atomic E-state index is 11.5. The van der Waals surface area contributed by atoms with Gasteiger partial charge in [-0.1, -0.05) is 0 Å². The molecule has 1 fully saturated rings. The summed E-state index contributed by atoms with van der Waals surface area (Å²) in [5.41, 5.74) is -0.399. The third-order valence-corrected chi connectivity index (χ3v) is 4.94. The summed E-state index contributed by atoms with van der Waals surface area (Å²) in [5.74, 6) is 0.110. The van der Waals surface area contributed by atoms with Crippen molar-refractivity contribution < 1.29 is 17.9 Å². The number of hydrogen-bond acceptors (Lipinski definition) is 5. The van der Waals surface area contributed by atoms with Crippen LogP contribution >= 0.6 is 0 Å². The van der Waals surface area contributed by atoms with Gasteiger partial charge in [0.15, 0.2) is 9.84 Å². The van der Waals surface area contributed by atoms with E-state index >= 15 is 0 Å². The van der Waals surface area contributed by atoms with E-state index in [1.54, 1.807) is 6.92 Å². The van der Waals surface area contributed by atoms with Crippen LogP contribution in [-0.4, -0.2) is 56.0 Å². The maximum Gasteiger partial charge on any atom is 0.307 e. The Labute approximate surface area is 103 Å². The van der Waals surface area contributed by atoms with E-state index in [2.05, 4.69) is 0 Å². The van der Waals surface area contributed by atoms with Crippen molar-refractivity contribution in [2.24, 2.45) is 0 Å². The lowest BCUT2D eigenvalue weighted by molar-refractivity contribution is -0.143. The number of carbonyl (C=O) groups is 1. The number of ether oxygens (including phenoxy) is 1. The first-order valence-electron chi connectivity index (χ1n) is 5.88. The van der Waals surface area contributed by atoms with Crippen LogP contribution in [0.2, 0.25) is 0 Å². The second-order valence-corrected chi connectivity index (χ2v) is 7.13. The van der Waals surface area contributed by atoms with Crippen LogP contribution in [0.15, 0.2) is 0 Å². The predicted octanol–water partition coefficient (Wildman–Crippen LogP) is 0.449. The Morgan fingerprint density at radius 2 is 2.06 bits per heavy atom. The van der Waals surface area contributed by atoms with Gasteiger partial charge in [0.2, 0.25) is 0 Å². The Bertz CT molecular complexity index is 375. The van der Waals surface area contributed by atoms with Crippen LogP contribution in [0, 0.1) is 0 Å². The van der Waals surface area contributed by atoms with Crippen molar-refractivity contribution in [2.75, 3.05) is 31.2 Å². The van der Waals surface area contributed by atoms with Crippen molar-refractivity contribution >= 4 is 15.8 Å². The predicted molar refractivity (Wildman–Crippen MR) is 65.6 cm³/mol. The monoisotopic (exact) mass is 263 g/mol. The molecule has 100 valence electrons. The first kappa shape index (κ1) is 14.4. The van der Waals surface area contributed by atoms with Crippen LogP contribution in [0.1, 0.15) is 27.2 Å². The quantitative estimate of drug-likeness (QED) is 0.689. The van der Waals surface area contributed by atoms with E-state index in [4.69, 9.17) is 4.74 Å². The smallest absolute Gasteiger partial charge is 0.307 e. The van der Waals surface area contributed by atoms with Gasteiger partial charge in [-0.2, -0.15) is 0 Å². The van der Waals surface area contributed by atoms with Crippen molar-refractivity contribution in [3.8, 4) is 0 Å². The van der Waals surface area contributed by atoms with E-state index in [9.17, 15) is 13.2 Å². The largest absolute Gasteiger partial charge is 0.466 e. The van der Waals surface area contributed by atoms with E-state index in [-0.39, 0.29) is 17.5 Å². The van der Waals surface area contributed by atoms with Gasteiger partial charge < -0.3 is 4.74 Å². The molecule has 0 amide bonds. The number of carbonyl (C=O) groups excluding carboxylic acids is 1. The van der Waals surface area contributed by atoms with Crippen molar-refractivity contribution in [1.29, 1.82) is 0 Å². The molecule has 5 nitrogen and oxygen atoms in total. The minimum atomic E-state index is -2.93. The highest BCUT2D eigenvalue weighted by Gasteiger charge is 2.37. The molecule has 1 heterocycles. The molecule has 0 atom stereocenters. The standard InChI is InChI=1S/C11H21NO4S/c1-4-16-10(13)5-6-12-7-8-17(14,15)9-11(12,2)3/h4-9H2,1-3H3. The SMILES string of the molecule is CCOC(=O)CCN1CCS(=O)(=O)CC1(C)C.